The second-order valence-electron chi connectivity index (χ2n) is 6.36. The Morgan fingerprint density at radius 1 is 1.08 bits per heavy atom. The predicted octanol–water partition coefficient (Wildman–Crippen LogP) is 1.17. The molecule has 0 radical (unpaired) electrons. The molecule has 0 saturated carbocycles. The molecule has 1 fully saturated rings. The van der Waals surface area contributed by atoms with Crippen LogP contribution in [0.3, 0.4) is 0 Å². The molecular formula is C19H29N3O4. The number of aromatic hydroxyl groups is 1. The van der Waals surface area contributed by atoms with E-state index in [1.54, 1.807) is 17.0 Å². The molecule has 0 unspecified atom stereocenters. The second-order valence-corrected chi connectivity index (χ2v) is 6.36. The van der Waals surface area contributed by atoms with Gasteiger partial charge in [-0.15, -0.1) is 0 Å². The van der Waals surface area contributed by atoms with E-state index in [0.29, 0.717) is 31.9 Å². The van der Waals surface area contributed by atoms with Crippen LogP contribution in [0.1, 0.15) is 20.3 Å². The lowest BCUT2D eigenvalue weighted by Crippen LogP contribution is -2.42. The number of hydrogen-bond acceptors (Lipinski definition) is 5. The molecule has 0 aliphatic carbocycles. The first-order valence-corrected chi connectivity index (χ1v) is 9.23. The van der Waals surface area contributed by atoms with E-state index >= 15 is 0 Å². The van der Waals surface area contributed by atoms with Gasteiger partial charge in [0.15, 0.2) is 6.61 Å². The molecule has 1 N–H and O–H groups in total. The highest BCUT2D eigenvalue weighted by Gasteiger charge is 2.22. The van der Waals surface area contributed by atoms with Crippen LogP contribution in [0.15, 0.2) is 24.3 Å². The highest BCUT2D eigenvalue weighted by Crippen LogP contribution is 2.16. The first kappa shape index (κ1) is 20.0. The Morgan fingerprint density at radius 3 is 2.42 bits per heavy atom. The number of ether oxygens (including phenoxy) is 1. The number of amides is 2. The smallest absolute Gasteiger partial charge is 0.260 e. The van der Waals surface area contributed by atoms with Crippen LogP contribution in [0.25, 0.3) is 0 Å². The zero-order valence-corrected chi connectivity index (χ0v) is 15.7. The van der Waals surface area contributed by atoms with E-state index in [9.17, 15) is 14.7 Å². The summed E-state index contributed by atoms with van der Waals surface area (Å²) in [5, 5.41) is 9.26. The Morgan fingerprint density at radius 2 is 1.77 bits per heavy atom. The molecule has 0 bridgehead atoms. The standard InChI is InChI=1S/C19H29N3O4/c1-3-21(4-2)18(24)14-20-10-5-11-22(13-12-20)19(25)15-26-17-8-6-16(23)7-9-17/h6-9,23H,3-5,10-15H2,1-2H3. The van der Waals surface area contributed by atoms with Crippen LogP contribution >= 0.6 is 0 Å². The summed E-state index contributed by atoms with van der Waals surface area (Å²) in [6, 6.07) is 6.31. The summed E-state index contributed by atoms with van der Waals surface area (Å²) in [6.45, 7) is 8.59. The molecule has 144 valence electrons. The summed E-state index contributed by atoms with van der Waals surface area (Å²) in [5.74, 6) is 0.799. The van der Waals surface area contributed by atoms with Crippen molar-refractivity contribution in [1.29, 1.82) is 0 Å². The molecule has 1 aliphatic rings. The number of phenols is 1. The lowest BCUT2D eigenvalue weighted by Gasteiger charge is -2.25. The van der Waals surface area contributed by atoms with Crippen LogP contribution in [0.5, 0.6) is 11.5 Å². The van der Waals surface area contributed by atoms with Crippen LogP contribution < -0.4 is 4.74 Å². The monoisotopic (exact) mass is 363 g/mol. The molecule has 2 amide bonds. The minimum Gasteiger partial charge on any atom is -0.508 e. The van der Waals surface area contributed by atoms with Gasteiger partial charge in [-0.2, -0.15) is 0 Å². The first-order valence-electron chi connectivity index (χ1n) is 9.23. The zero-order chi connectivity index (χ0) is 18.9. The van der Waals surface area contributed by atoms with Crippen molar-refractivity contribution >= 4 is 11.8 Å². The molecule has 1 saturated heterocycles. The maximum atomic E-state index is 12.4. The number of carbonyl (C=O) groups excluding carboxylic acids is 2. The highest BCUT2D eigenvalue weighted by molar-refractivity contribution is 5.78. The quantitative estimate of drug-likeness (QED) is 0.787. The van der Waals surface area contributed by atoms with Gasteiger partial charge in [-0.1, -0.05) is 0 Å². The number of phenolic OH excluding ortho intramolecular Hbond substituents is 1. The van der Waals surface area contributed by atoms with Crippen molar-refractivity contribution in [3.05, 3.63) is 24.3 Å². The van der Waals surface area contributed by atoms with E-state index in [0.717, 1.165) is 26.1 Å². The van der Waals surface area contributed by atoms with Gasteiger partial charge in [-0.25, -0.2) is 0 Å². The van der Waals surface area contributed by atoms with Gasteiger partial charge in [0.2, 0.25) is 5.91 Å². The maximum absolute atomic E-state index is 12.4. The minimum absolute atomic E-state index is 0.0246. The van der Waals surface area contributed by atoms with Gasteiger partial charge in [0.05, 0.1) is 6.54 Å². The van der Waals surface area contributed by atoms with Gasteiger partial charge < -0.3 is 19.6 Å². The molecule has 0 spiro atoms. The van der Waals surface area contributed by atoms with E-state index < -0.39 is 0 Å². The normalized spacial score (nSPS) is 15.4. The third-order valence-corrected chi connectivity index (χ3v) is 4.62. The Kier molecular flexibility index (Phi) is 7.72. The predicted molar refractivity (Wildman–Crippen MR) is 99.2 cm³/mol. The topological polar surface area (TPSA) is 73.3 Å². The first-order chi connectivity index (χ1) is 12.5. The minimum atomic E-state index is -0.0602. The molecule has 26 heavy (non-hydrogen) atoms. The fourth-order valence-electron chi connectivity index (χ4n) is 3.02. The Hall–Kier alpha value is -2.28. The largest absolute Gasteiger partial charge is 0.508 e. The van der Waals surface area contributed by atoms with Crippen LogP contribution in [-0.4, -0.2) is 84.0 Å². The summed E-state index contributed by atoms with van der Waals surface area (Å²) in [4.78, 5) is 30.4. The van der Waals surface area contributed by atoms with Crippen LogP contribution in [-0.2, 0) is 9.59 Å². The summed E-state index contributed by atoms with van der Waals surface area (Å²) in [7, 11) is 0. The van der Waals surface area contributed by atoms with Crippen molar-refractivity contribution in [3.8, 4) is 11.5 Å². The zero-order valence-electron chi connectivity index (χ0n) is 15.7. The summed E-state index contributed by atoms with van der Waals surface area (Å²) in [6.07, 6.45) is 0.844. The van der Waals surface area contributed by atoms with Gasteiger partial charge in [0.1, 0.15) is 11.5 Å². The van der Waals surface area contributed by atoms with Crippen molar-refractivity contribution < 1.29 is 19.4 Å². The molecule has 1 aromatic carbocycles. The summed E-state index contributed by atoms with van der Waals surface area (Å²) in [5.41, 5.74) is 0. The third-order valence-electron chi connectivity index (χ3n) is 4.62. The summed E-state index contributed by atoms with van der Waals surface area (Å²) >= 11 is 0. The van der Waals surface area contributed by atoms with Gasteiger partial charge >= 0.3 is 0 Å². The van der Waals surface area contributed by atoms with Gasteiger partial charge in [0.25, 0.3) is 5.91 Å². The van der Waals surface area contributed by atoms with Crippen LogP contribution in [0.2, 0.25) is 0 Å². The molecule has 0 atom stereocenters. The molecule has 1 heterocycles. The van der Waals surface area contributed by atoms with Gasteiger partial charge in [-0.05, 0) is 44.5 Å². The molecule has 7 nitrogen and oxygen atoms in total. The molecule has 1 aromatic rings. The molecular weight excluding hydrogens is 334 g/mol. The van der Waals surface area contributed by atoms with Crippen molar-refractivity contribution in [1.82, 2.24) is 14.7 Å². The highest BCUT2D eigenvalue weighted by atomic mass is 16.5. The third kappa shape index (κ3) is 5.91. The lowest BCUT2D eigenvalue weighted by atomic mass is 10.3. The van der Waals surface area contributed by atoms with E-state index in [1.165, 1.54) is 12.1 Å². The molecule has 2 rings (SSSR count). The van der Waals surface area contributed by atoms with Gasteiger partial charge in [-0.3, -0.25) is 14.5 Å². The average molecular weight is 363 g/mol. The maximum Gasteiger partial charge on any atom is 0.260 e. The number of hydrogen-bond donors (Lipinski definition) is 1. The van der Waals surface area contributed by atoms with Crippen LogP contribution in [0, 0.1) is 0 Å². The van der Waals surface area contributed by atoms with E-state index in [4.69, 9.17) is 4.74 Å². The molecule has 0 aromatic heterocycles. The molecule has 1 aliphatic heterocycles. The number of rotatable bonds is 7. The summed E-state index contributed by atoms with van der Waals surface area (Å²) < 4.78 is 5.49. The Labute approximate surface area is 155 Å². The fraction of sp³-hybridized carbons (Fsp3) is 0.579. The number of nitrogens with zero attached hydrogens (tertiary/aromatic N) is 3. The van der Waals surface area contributed by atoms with E-state index in [-0.39, 0.29) is 24.2 Å². The van der Waals surface area contributed by atoms with Crippen molar-refractivity contribution in [3.63, 3.8) is 0 Å². The molecule has 7 heteroatoms. The van der Waals surface area contributed by atoms with E-state index in [1.807, 2.05) is 18.7 Å². The fourth-order valence-corrected chi connectivity index (χ4v) is 3.02. The second kappa shape index (κ2) is 10.0. The average Bonchev–Trinajstić information content (AvgIpc) is 2.87. The number of carbonyl (C=O) groups is 2. The van der Waals surface area contributed by atoms with Crippen molar-refractivity contribution in [2.24, 2.45) is 0 Å². The SMILES string of the molecule is CCN(CC)C(=O)CN1CCCN(C(=O)COc2ccc(O)cc2)CC1. The Balaban J connectivity index is 1.78. The lowest BCUT2D eigenvalue weighted by molar-refractivity contribution is -0.133. The van der Waals surface area contributed by atoms with E-state index in [2.05, 4.69) is 4.90 Å². The van der Waals surface area contributed by atoms with Crippen molar-refractivity contribution in [2.45, 2.75) is 20.3 Å². The number of benzene rings is 1. The number of likely N-dealkylation sites (N-methyl/N-ethyl adjacent to an activating group) is 1. The van der Waals surface area contributed by atoms with Gasteiger partial charge in [0, 0.05) is 39.3 Å². The Bertz CT molecular complexity index is 587. The van der Waals surface area contributed by atoms with Crippen molar-refractivity contribution in [2.75, 3.05) is 52.4 Å². The van der Waals surface area contributed by atoms with Crippen LogP contribution in [0.4, 0.5) is 0 Å².